The molecule has 0 amide bonds. The van der Waals surface area contributed by atoms with E-state index in [-0.39, 0.29) is 18.3 Å². The molecular formula is C27H28F3N5O7. The molecule has 1 unspecified atom stereocenters. The molecule has 1 fully saturated rings. The highest BCUT2D eigenvalue weighted by atomic mass is 19.4. The minimum absolute atomic E-state index is 0.00416. The predicted octanol–water partition coefficient (Wildman–Crippen LogP) is 3.73. The van der Waals surface area contributed by atoms with Crippen molar-refractivity contribution in [1.82, 2.24) is 25.1 Å². The number of alkyl halides is 3. The van der Waals surface area contributed by atoms with Gasteiger partial charge in [0.2, 0.25) is 5.88 Å². The van der Waals surface area contributed by atoms with Crippen molar-refractivity contribution in [2.75, 3.05) is 46.5 Å². The molecular weight excluding hydrogens is 563 g/mol. The van der Waals surface area contributed by atoms with Crippen molar-refractivity contribution in [3.8, 4) is 40.3 Å². The van der Waals surface area contributed by atoms with Crippen molar-refractivity contribution in [3.05, 3.63) is 48.4 Å². The third kappa shape index (κ3) is 7.47. The number of piperazine rings is 1. The SMILES string of the molecule is COc1ccc(-c2cnc(OCC(F)(F)F)nc2)c(ON2CCN(Oc3cc4c(cn3)OCCC4CC(=O)O)CC2)c1. The highest BCUT2D eigenvalue weighted by Gasteiger charge is 2.29. The van der Waals surface area contributed by atoms with Crippen LogP contribution in [0, 0.1) is 0 Å². The van der Waals surface area contributed by atoms with Gasteiger partial charge in [-0.25, -0.2) is 15.0 Å². The number of halogens is 3. The normalized spacial score (nSPS) is 17.6. The van der Waals surface area contributed by atoms with E-state index < -0.39 is 18.8 Å². The number of pyridine rings is 1. The molecule has 1 aromatic carbocycles. The van der Waals surface area contributed by atoms with Crippen LogP contribution in [0.3, 0.4) is 0 Å². The van der Waals surface area contributed by atoms with Crippen LogP contribution in [0.5, 0.6) is 29.1 Å². The highest BCUT2D eigenvalue weighted by Crippen LogP contribution is 2.37. The number of carbonyl (C=O) groups is 1. The summed E-state index contributed by atoms with van der Waals surface area (Å²) in [5.74, 6) is 0.861. The number of ether oxygens (including phenoxy) is 3. The van der Waals surface area contributed by atoms with Gasteiger partial charge in [-0.3, -0.25) is 4.79 Å². The number of nitrogens with zero attached hydrogens (tertiary/aromatic N) is 5. The van der Waals surface area contributed by atoms with E-state index in [1.807, 2.05) is 0 Å². The van der Waals surface area contributed by atoms with Crippen molar-refractivity contribution < 1.29 is 47.0 Å². The Kier molecular flexibility index (Phi) is 8.77. The average Bonchev–Trinajstić information content (AvgIpc) is 2.97. The van der Waals surface area contributed by atoms with Gasteiger partial charge in [-0.05, 0) is 18.6 Å². The second-order valence-electron chi connectivity index (χ2n) is 9.55. The summed E-state index contributed by atoms with van der Waals surface area (Å²) in [6.07, 6.45) is 0.386. The zero-order chi connectivity index (χ0) is 29.7. The number of hydroxylamine groups is 4. The topological polar surface area (TPSA) is 129 Å². The number of methoxy groups -OCH3 is 1. The number of benzene rings is 1. The number of rotatable bonds is 10. The second kappa shape index (κ2) is 12.7. The summed E-state index contributed by atoms with van der Waals surface area (Å²) in [6.45, 7) is 0.836. The van der Waals surface area contributed by atoms with Gasteiger partial charge >= 0.3 is 18.2 Å². The number of aromatic nitrogens is 3. The number of hydrogen-bond acceptors (Lipinski definition) is 11. The molecule has 1 atom stereocenters. The first-order chi connectivity index (χ1) is 20.2. The summed E-state index contributed by atoms with van der Waals surface area (Å²) < 4.78 is 52.8. The molecule has 224 valence electrons. The molecule has 5 rings (SSSR count). The van der Waals surface area contributed by atoms with E-state index in [0.717, 1.165) is 5.56 Å². The fraction of sp³-hybridized carbons (Fsp3) is 0.407. The van der Waals surface area contributed by atoms with Crippen LogP contribution in [0.15, 0.2) is 42.9 Å². The van der Waals surface area contributed by atoms with Crippen molar-refractivity contribution in [2.24, 2.45) is 0 Å². The smallest absolute Gasteiger partial charge is 0.422 e. The quantitative estimate of drug-likeness (QED) is 0.369. The Morgan fingerprint density at radius 3 is 2.43 bits per heavy atom. The molecule has 0 bridgehead atoms. The Hall–Kier alpha value is -4.37. The molecule has 2 aromatic heterocycles. The molecule has 42 heavy (non-hydrogen) atoms. The van der Waals surface area contributed by atoms with E-state index in [4.69, 9.17) is 19.1 Å². The van der Waals surface area contributed by atoms with Gasteiger partial charge < -0.3 is 29.0 Å². The lowest BCUT2D eigenvalue weighted by atomic mass is 9.91. The van der Waals surface area contributed by atoms with Gasteiger partial charge in [-0.2, -0.15) is 13.2 Å². The van der Waals surface area contributed by atoms with Crippen LogP contribution < -0.4 is 23.9 Å². The Balaban J connectivity index is 1.21. The minimum atomic E-state index is -4.49. The Morgan fingerprint density at radius 2 is 1.76 bits per heavy atom. The number of carboxylic acid groups (broad SMARTS) is 1. The van der Waals surface area contributed by atoms with Gasteiger partial charge in [0.05, 0.1) is 52.5 Å². The van der Waals surface area contributed by atoms with Crippen molar-refractivity contribution in [1.29, 1.82) is 0 Å². The van der Waals surface area contributed by atoms with Gasteiger partial charge in [0.1, 0.15) is 11.5 Å². The van der Waals surface area contributed by atoms with Crippen LogP contribution in [0.25, 0.3) is 11.1 Å². The van der Waals surface area contributed by atoms with Crippen LogP contribution in [-0.2, 0) is 4.79 Å². The molecule has 2 aliphatic heterocycles. The number of carboxylic acids is 1. The molecule has 1 N–H and O–H groups in total. The first-order valence-electron chi connectivity index (χ1n) is 13.1. The van der Waals surface area contributed by atoms with E-state index in [1.54, 1.807) is 40.6 Å². The van der Waals surface area contributed by atoms with E-state index in [1.165, 1.54) is 19.5 Å². The zero-order valence-electron chi connectivity index (χ0n) is 22.5. The standard InChI is InChI=1S/C27H28F3N5O7/c1-38-19-2-3-20(18-13-32-26(33-14-18)40-16-27(28,29)30)22(11-19)41-34-5-7-35(8-6-34)42-24-12-21-17(10-25(36)37)4-9-39-23(21)15-31-24/h2-3,11-15,17H,4-10,16H2,1H3,(H,36,37). The van der Waals surface area contributed by atoms with Gasteiger partial charge in [0.15, 0.2) is 12.4 Å². The Bertz CT molecular complexity index is 1390. The maximum absolute atomic E-state index is 12.4. The second-order valence-corrected chi connectivity index (χ2v) is 9.55. The van der Waals surface area contributed by atoms with Gasteiger partial charge in [0.25, 0.3) is 0 Å². The van der Waals surface area contributed by atoms with Gasteiger partial charge in [-0.1, -0.05) is 0 Å². The summed E-state index contributed by atoms with van der Waals surface area (Å²) in [5, 5.41) is 12.7. The average molecular weight is 592 g/mol. The molecule has 0 radical (unpaired) electrons. The van der Waals surface area contributed by atoms with Gasteiger partial charge in [-0.15, -0.1) is 10.1 Å². The molecule has 0 saturated carbocycles. The molecule has 1 saturated heterocycles. The maximum Gasteiger partial charge on any atom is 0.422 e. The van der Waals surface area contributed by atoms with Crippen molar-refractivity contribution >= 4 is 5.97 Å². The van der Waals surface area contributed by atoms with E-state index >= 15 is 0 Å². The summed E-state index contributed by atoms with van der Waals surface area (Å²) in [5.41, 5.74) is 1.89. The molecule has 12 nitrogen and oxygen atoms in total. The molecule has 0 aliphatic carbocycles. The summed E-state index contributed by atoms with van der Waals surface area (Å²) >= 11 is 0. The minimum Gasteiger partial charge on any atom is -0.497 e. The number of fused-ring (bicyclic) bond motifs is 1. The first kappa shape index (κ1) is 29.1. The molecule has 3 aromatic rings. The lowest BCUT2D eigenvalue weighted by Crippen LogP contribution is -2.48. The van der Waals surface area contributed by atoms with Crippen molar-refractivity contribution in [3.63, 3.8) is 0 Å². The molecule has 2 aliphatic rings. The molecule has 4 heterocycles. The van der Waals surface area contributed by atoms with Crippen LogP contribution in [-0.4, -0.2) is 88.8 Å². The van der Waals surface area contributed by atoms with Gasteiger partial charge in [0, 0.05) is 47.1 Å². The fourth-order valence-corrected chi connectivity index (χ4v) is 4.56. The van der Waals surface area contributed by atoms with Crippen LogP contribution in [0.1, 0.15) is 24.3 Å². The van der Waals surface area contributed by atoms with E-state index in [0.29, 0.717) is 73.5 Å². The summed E-state index contributed by atoms with van der Waals surface area (Å²) in [6, 6.07) is 6.50. The lowest BCUT2D eigenvalue weighted by molar-refractivity contribution is -0.155. The molecule has 15 heteroatoms. The highest BCUT2D eigenvalue weighted by molar-refractivity contribution is 5.70. The van der Waals surface area contributed by atoms with Crippen molar-refractivity contribution in [2.45, 2.75) is 24.9 Å². The zero-order valence-corrected chi connectivity index (χ0v) is 22.5. The largest absolute Gasteiger partial charge is 0.497 e. The first-order valence-corrected chi connectivity index (χ1v) is 13.1. The van der Waals surface area contributed by atoms with Crippen LogP contribution in [0.4, 0.5) is 13.2 Å². The maximum atomic E-state index is 12.4. The third-order valence-corrected chi connectivity index (χ3v) is 6.60. The van der Waals surface area contributed by atoms with Crippen LogP contribution in [0.2, 0.25) is 0 Å². The van der Waals surface area contributed by atoms with E-state index in [9.17, 15) is 23.1 Å². The Morgan fingerprint density at radius 1 is 1.05 bits per heavy atom. The summed E-state index contributed by atoms with van der Waals surface area (Å²) in [7, 11) is 1.52. The van der Waals surface area contributed by atoms with Crippen LogP contribution >= 0.6 is 0 Å². The Labute approximate surface area is 238 Å². The predicted molar refractivity (Wildman–Crippen MR) is 139 cm³/mol. The monoisotopic (exact) mass is 591 g/mol. The lowest BCUT2D eigenvalue weighted by Gasteiger charge is -2.33. The third-order valence-electron chi connectivity index (χ3n) is 6.60. The van der Waals surface area contributed by atoms with E-state index in [2.05, 4.69) is 19.7 Å². The summed E-state index contributed by atoms with van der Waals surface area (Å²) in [4.78, 5) is 35.5. The molecule has 0 spiro atoms. The fourth-order valence-electron chi connectivity index (χ4n) is 4.56. The number of hydrogen-bond donors (Lipinski definition) is 1. The number of aliphatic carboxylic acids is 1.